The van der Waals surface area contributed by atoms with Crippen LogP contribution in [0.4, 0.5) is 0 Å². The predicted octanol–water partition coefficient (Wildman–Crippen LogP) is 2.53. The number of aryl methyl sites for hydroxylation is 1. The van der Waals surface area contributed by atoms with Gasteiger partial charge in [0.15, 0.2) is 0 Å². The molecule has 5 heteroatoms. The molecule has 1 heterocycles. The summed E-state index contributed by atoms with van der Waals surface area (Å²) in [5, 5.41) is 9.03. The molecule has 0 aliphatic carbocycles. The number of carbonyl (C=O) groups is 1. The SMILES string of the molecule is CCc1cc(Oc2ccccc2C(=O)O)ncn1. The highest BCUT2D eigenvalue weighted by molar-refractivity contribution is 5.90. The number of para-hydroxylation sites is 1. The van der Waals surface area contributed by atoms with Crippen molar-refractivity contribution in [3.8, 4) is 11.6 Å². The molecule has 18 heavy (non-hydrogen) atoms. The summed E-state index contributed by atoms with van der Waals surface area (Å²) in [4.78, 5) is 19.0. The van der Waals surface area contributed by atoms with Gasteiger partial charge in [-0.2, -0.15) is 0 Å². The number of ether oxygens (including phenoxy) is 1. The van der Waals surface area contributed by atoms with Crippen LogP contribution in [0.5, 0.6) is 11.6 Å². The molecule has 2 aromatic rings. The summed E-state index contributed by atoms with van der Waals surface area (Å²) >= 11 is 0. The summed E-state index contributed by atoms with van der Waals surface area (Å²) in [6, 6.07) is 8.13. The molecule has 0 radical (unpaired) electrons. The van der Waals surface area contributed by atoms with Gasteiger partial charge in [0.1, 0.15) is 17.6 Å². The third-order valence-corrected chi connectivity index (χ3v) is 2.39. The summed E-state index contributed by atoms with van der Waals surface area (Å²) in [5.41, 5.74) is 0.946. The van der Waals surface area contributed by atoms with Gasteiger partial charge in [0.2, 0.25) is 5.88 Å². The van der Waals surface area contributed by atoms with E-state index in [0.717, 1.165) is 12.1 Å². The molecule has 0 amide bonds. The van der Waals surface area contributed by atoms with E-state index < -0.39 is 5.97 Å². The number of hydrogen-bond donors (Lipinski definition) is 1. The van der Waals surface area contributed by atoms with Crippen molar-refractivity contribution in [2.75, 3.05) is 0 Å². The predicted molar refractivity (Wildman–Crippen MR) is 64.9 cm³/mol. The van der Waals surface area contributed by atoms with Crippen LogP contribution in [0.15, 0.2) is 36.7 Å². The molecule has 2 rings (SSSR count). The third-order valence-electron chi connectivity index (χ3n) is 2.39. The quantitative estimate of drug-likeness (QED) is 0.894. The molecule has 0 fully saturated rings. The molecular formula is C13H12N2O3. The summed E-state index contributed by atoms with van der Waals surface area (Å²) in [6.45, 7) is 1.97. The minimum Gasteiger partial charge on any atom is -0.478 e. The van der Waals surface area contributed by atoms with Crippen LogP contribution in [0.25, 0.3) is 0 Å². The van der Waals surface area contributed by atoms with Gasteiger partial charge >= 0.3 is 5.97 Å². The Hall–Kier alpha value is -2.43. The fourth-order valence-electron chi connectivity index (χ4n) is 1.47. The molecule has 1 aromatic heterocycles. The van der Waals surface area contributed by atoms with Crippen molar-refractivity contribution in [3.63, 3.8) is 0 Å². The maximum Gasteiger partial charge on any atom is 0.339 e. The van der Waals surface area contributed by atoms with Crippen molar-refractivity contribution in [3.05, 3.63) is 47.9 Å². The van der Waals surface area contributed by atoms with E-state index in [9.17, 15) is 4.79 Å². The van der Waals surface area contributed by atoms with Gasteiger partial charge in [0, 0.05) is 11.8 Å². The lowest BCUT2D eigenvalue weighted by molar-refractivity contribution is 0.0694. The molecule has 0 aliphatic heterocycles. The summed E-state index contributed by atoms with van der Waals surface area (Å²) in [5.74, 6) is -0.420. The smallest absolute Gasteiger partial charge is 0.339 e. The first-order chi connectivity index (χ1) is 8.70. The van der Waals surface area contributed by atoms with Gasteiger partial charge in [-0.05, 0) is 18.6 Å². The number of carboxylic acid groups (broad SMARTS) is 1. The largest absolute Gasteiger partial charge is 0.478 e. The lowest BCUT2D eigenvalue weighted by Crippen LogP contribution is -2.00. The first-order valence-corrected chi connectivity index (χ1v) is 5.51. The molecule has 1 N–H and O–H groups in total. The number of benzene rings is 1. The zero-order valence-corrected chi connectivity index (χ0v) is 9.83. The van der Waals surface area contributed by atoms with E-state index in [1.807, 2.05) is 6.92 Å². The molecule has 0 bridgehead atoms. The Morgan fingerprint density at radius 2 is 2.11 bits per heavy atom. The van der Waals surface area contributed by atoms with Crippen LogP contribution in [0, 0.1) is 0 Å². The molecule has 0 saturated carbocycles. The second-order valence-corrected chi connectivity index (χ2v) is 3.60. The van der Waals surface area contributed by atoms with E-state index in [1.165, 1.54) is 12.4 Å². The Morgan fingerprint density at radius 1 is 1.33 bits per heavy atom. The minimum absolute atomic E-state index is 0.106. The molecule has 0 atom stereocenters. The number of hydrogen-bond acceptors (Lipinski definition) is 4. The van der Waals surface area contributed by atoms with Crippen LogP contribution in [0.2, 0.25) is 0 Å². The van der Waals surface area contributed by atoms with Crippen molar-refractivity contribution in [2.45, 2.75) is 13.3 Å². The van der Waals surface area contributed by atoms with E-state index in [1.54, 1.807) is 24.3 Å². The highest BCUT2D eigenvalue weighted by Crippen LogP contribution is 2.23. The molecule has 0 saturated heterocycles. The highest BCUT2D eigenvalue weighted by Gasteiger charge is 2.11. The average molecular weight is 244 g/mol. The Kier molecular flexibility index (Phi) is 3.52. The van der Waals surface area contributed by atoms with Crippen LogP contribution >= 0.6 is 0 Å². The third kappa shape index (κ3) is 2.63. The van der Waals surface area contributed by atoms with Crippen LogP contribution in [0.1, 0.15) is 23.0 Å². The Labute approximate surface area is 104 Å². The lowest BCUT2D eigenvalue weighted by atomic mass is 10.2. The first-order valence-electron chi connectivity index (χ1n) is 5.51. The van der Waals surface area contributed by atoms with Crippen molar-refractivity contribution >= 4 is 5.97 Å². The number of carboxylic acids is 1. The maximum absolute atomic E-state index is 11.0. The van der Waals surface area contributed by atoms with E-state index in [4.69, 9.17) is 9.84 Å². The summed E-state index contributed by atoms with van der Waals surface area (Å²) < 4.78 is 5.48. The monoisotopic (exact) mass is 244 g/mol. The number of rotatable bonds is 4. The standard InChI is InChI=1S/C13H12N2O3/c1-2-9-7-12(15-8-14-9)18-11-6-4-3-5-10(11)13(16)17/h3-8H,2H2,1H3,(H,16,17). The number of aromatic carboxylic acids is 1. The number of nitrogens with zero attached hydrogens (tertiary/aromatic N) is 2. The van der Waals surface area contributed by atoms with E-state index in [-0.39, 0.29) is 11.3 Å². The van der Waals surface area contributed by atoms with Gasteiger partial charge < -0.3 is 9.84 Å². The molecule has 92 valence electrons. The second kappa shape index (κ2) is 5.27. The zero-order chi connectivity index (χ0) is 13.0. The normalized spacial score (nSPS) is 10.1. The van der Waals surface area contributed by atoms with Crippen LogP contribution < -0.4 is 4.74 Å². The Bertz CT molecular complexity index is 570. The molecule has 0 spiro atoms. The minimum atomic E-state index is -1.03. The van der Waals surface area contributed by atoms with Crippen molar-refractivity contribution < 1.29 is 14.6 Å². The van der Waals surface area contributed by atoms with Crippen LogP contribution in [-0.4, -0.2) is 21.0 Å². The molecule has 5 nitrogen and oxygen atoms in total. The van der Waals surface area contributed by atoms with Gasteiger partial charge in [0.05, 0.1) is 0 Å². The van der Waals surface area contributed by atoms with Crippen molar-refractivity contribution in [1.82, 2.24) is 9.97 Å². The van der Waals surface area contributed by atoms with E-state index >= 15 is 0 Å². The summed E-state index contributed by atoms with van der Waals surface area (Å²) in [7, 11) is 0. The van der Waals surface area contributed by atoms with Gasteiger partial charge in [-0.15, -0.1) is 0 Å². The van der Waals surface area contributed by atoms with Crippen molar-refractivity contribution in [1.29, 1.82) is 0 Å². The van der Waals surface area contributed by atoms with Crippen molar-refractivity contribution in [2.24, 2.45) is 0 Å². The Morgan fingerprint density at radius 3 is 2.83 bits per heavy atom. The number of aromatic nitrogens is 2. The fourth-order valence-corrected chi connectivity index (χ4v) is 1.47. The van der Waals surface area contributed by atoms with Gasteiger partial charge in [-0.25, -0.2) is 14.8 Å². The summed E-state index contributed by atoms with van der Waals surface area (Å²) in [6.07, 6.45) is 2.16. The molecule has 0 unspecified atom stereocenters. The maximum atomic E-state index is 11.0. The fraction of sp³-hybridized carbons (Fsp3) is 0.154. The molecular weight excluding hydrogens is 232 g/mol. The molecule has 1 aromatic carbocycles. The Balaban J connectivity index is 2.31. The average Bonchev–Trinajstić information content (AvgIpc) is 2.39. The van der Waals surface area contributed by atoms with Gasteiger partial charge in [-0.1, -0.05) is 19.1 Å². The second-order valence-electron chi connectivity index (χ2n) is 3.60. The topological polar surface area (TPSA) is 72.3 Å². The molecule has 0 aliphatic rings. The highest BCUT2D eigenvalue weighted by atomic mass is 16.5. The first kappa shape index (κ1) is 12.0. The van der Waals surface area contributed by atoms with Crippen LogP contribution in [0.3, 0.4) is 0 Å². The van der Waals surface area contributed by atoms with Crippen LogP contribution in [-0.2, 0) is 6.42 Å². The zero-order valence-electron chi connectivity index (χ0n) is 9.83. The van der Waals surface area contributed by atoms with E-state index in [0.29, 0.717) is 5.88 Å². The van der Waals surface area contributed by atoms with E-state index in [2.05, 4.69) is 9.97 Å². The lowest BCUT2D eigenvalue weighted by Gasteiger charge is -2.07. The van der Waals surface area contributed by atoms with Gasteiger partial charge in [0.25, 0.3) is 0 Å². The van der Waals surface area contributed by atoms with Gasteiger partial charge in [-0.3, -0.25) is 0 Å².